The van der Waals surface area contributed by atoms with Crippen molar-refractivity contribution in [2.45, 2.75) is 102 Å². The minimum absolute atomic E-state index is 0.248. The Morgan fingerprint density at radius 1 is 0.773 bits per heavy atom. The summed E-state index contributed by atoms with van der Waals surface area (Å²) in [6.07, 6.45) is 10.7. The van der Waals surface area contributed by atoms with E-state index in [9.17, 15) is 5.21 Å². The molecular weight excluding hydrogens is 272 g/mol. The van der Waals surface area contributed by atoms with Crippen molar-refractivity contribution in [2.24, 2.45) is 17.8 Å². The van der Waals surface area contributed by atoms with E-state index in [1.165, 1.54) is 43.6 Å². The van der Waals surface area contributed by atoms with Gasteiger partial charge in [0.2, 0.25) is 0 Å². The minimum Gasteiger partial charge on any atom is -0.784 e. The van der Waals surface area contributed by atoms with Gasteiger partial charge >= 0.3 is 0 Å². The van der Waals surface area contributed by atoms with Crippen molar-refractivity contribution in [3.05, 3.63) is 5.21 Å². The van der Waals surface area contributed by atoms with Crippen molar-refractivity contribution in [3.8, 4) is 0 Å². The van der Waals surface area contributed by atoms with Crippen LogP contribution >= 0.6 is 0 Å². The molecular formula is C19H33N2O-. The number of nitrogens with zero attached hydrogens (tertiary/aromatic N) is 1. The third-order valence-corrected chi connectivity index (χ3v) is 7.14. The molecule has 22 heavy (non-hydrogen) atoms. The van der Waals surface area contributed by atoms with Crippen LogP contribution in [0.2, 0.25) is 0 Å². The Kier molecular flexibility index (Phi) is 3.30. The van der Waals surface area contributed by atoms with Crippen molar-refractivity contribution in [1.29, 1.82) is 0 Å². The second kappa shape index (κ2) is 4.70. The van der Waals surface area contributed by atoms with Gasteiger partial charge in [0.05, 0.1) is 0 Å². The quantitative estimate of drug-likeness (QED) is 0.836. The number of piperidine rings is 1. The van der Waals surface area contributed by atoms with Crippen molar-refractivity contribution < 1.29 is 0 Å². The number of rotatable bonds is 2. The molecule has 3 nitrogen and oxygen atoms in total. The van der Waals surface area contributed by atoms with Crippen LogP contribution < -0.4 is 5.32 Å². The fraction of sp³-hybridized carbons (Fsp3) is 1.00. The normalized spacial score (nSPS) is 47.0. The first-order valence-electron chi connectivity index (χ1n) is 9.43. The Labute approximate surface area is 135 Å². The SMILES string of the molecule is CC1(C)CC(NC23CC4CC(CC(C4)C2)C3)CC(C)(C)N1[O-]. The van der Waals surface area contributed by atoms with Gasteiger partial charge in [0.25, 0.3) is 0 Å². The first-order valence-corrected chi connectivity index (χ1v) is 9.43. The van der Waals surface area contributed by atoms with E-state index in [4.69, 9.17) is 0 Å². The predicted molar refractivity (Wildman–Crippen MR) is 90.4 cm³/mol. The van der Waals surface area contributed by atoms with Gasteiger partial charge in [0, 0.05) is 22.7 Å². The Bertz CT molecular complexity index is 403. The zero-order chi connectivity index (χ0) is 15.8. The van der Waals surface area contributed by atoms with Crippen LogP contribution in [0, 0.1) is 23.0 Å². The molecule has 4 aliphatic carbocycles. The second-order valence-electron chi connectivity index (χ2n) is 10.4. The van der Waals surface area contributed by atoms with Gasteiger partial charge < -0.3 is 15.6 Å². The maximum atomic E-state index is 12.6. The highest BCUT2D eigenvalue weighted by Crippen LogP contribution is 2.56. The molecule has 0 spiro atoms. The van der Waals surface area contributed by atoms with Gasteiger partial charge in [-0.1, -0.05) is 0 Å². The van der Waals surface area contributed by atoms with Gasteiger partial charge in [-0.2, -0.15) is 0 Å². The maximum Gasteiger partial charge on any atom is 0.0192 e. The molecule has 0 atom stereocenters. The van der Waals surface area contributed by atoms with Gasteiger partial charge in [0.15, 0.2) is 0 Å². The van der Waals surface area contributed by atoms with E-state index >= 15 is 0 Å². The smallest absolute Gasteiger partial charge is 0.0192 e. The molecule has 4 saturated carbocycles. The molecule has 3 heteroatoms. The third-order valence-electron chi connectivity index (χ3n) is 7.14. The van der Waals surface area contributed by atoms with Crippen molar-refractivity contribution >= 4 is 0 Å². The second-order valence-corrected chi connectivity index (χ2v) is 10.4. The van der Waals surface area contributed by atoms with Crippen LogP contribution in [0.1, 0.15) is 79.1 Å². The lowest BCUT2D eigenvalue weighted by Crippen LogP contribution is -2.66. The lowest BCUT2D eigenvalue weighted by Gasteiger charge is -2.63. The monoisotopic (exact) mass is 305 g/mol. The molecule has 1 saturated heterocycles. The zero-order valence-electron chi connectivity index (χ0n) is 14.8. The highest BCUT2D eigenvalue weighted by Gasteiger charge is 2.52. The topological polar surface area (TPSA) is 38.3 Å². The standard InChI is InChI=1S/C19H33N2O/c1-17(2)11-16(12-18(3,4)21(17)22)20-19-8-13-5-14(9-19)7-15(6-13)10-19/h13-16,20H,5-12H2,1-4H3/q-1. The van der Waals surface area contributed by atoms with E-state index in [-0.39, 0.29) is 11.1 Å². The molecule has 4 bridgehead atoms. The highest BCUT2D eigenvalue weighted by atomic mass is 16.5. The van der Waals surface area contributed by atoms with Gasteiger partial charge in [-0.15, -0.1) is 0 Å². The van der Waals surface area contributed by atoms with Crippen molar-refractivity contribution in [1.82, 2.24) is 10.4 Å². The predicted octanol–water partition coefficient (Wildman–Crippen LogP) is 4.06. The molecule has 0 aromatic carbocycles. The summed E-state index contributed by atoms with van der Waals surface area (Å²) in [5.74, 6) is 2.96. The molecule has 126 valence electrons. The summed E-state index contributed by atoms with van der Waals surface area (Å²) < 4.78 is 0. The van der Waals surface area contributed by atoms with E-state index in [0.29, 0.717) is 11.6 Å². The van der Waals surface area contributed by atoms with Crippen LogP contribution in [0.3, 0.4) is 0 Å². The summed E-state index contributed by atoms with van der Waals surface area (Å²) >= 11 is 0. The summed E-state index contributed by atoms with van der Waals surface area (Å²) in [5.41, 5.74) is -0.0833. The van der Waals surface area contributed by atoms with E-state index < -0.39 is 0 Å². The Morgan fingerprint density at radius 2 is 1.18 bits per heavy atom. The number of hydrogen-bond donors (Lipinski definition) is 1. The minimum atomic E-state index is -0.248. The van der Waals surface area contributed by atoms with Crippen LogP contribution in [-0.4, -0.2) is 27.7 Å². The summed E-state index contributed by atoms with van der Waals surface area (Å²) in [6.45, 7) is 8.48. The number of nitrogens with one attached hydrogen (secondary N) is 1. The Balaban J connectivity index is 1.52. The summed E-state index contributed by atoms with van der Waals surface area (Å²) in [4.78, 5) is 0. The summed E-state index contributed by atoms with van der Waals surface area (Å²) in [7, 11) is 0. The van der Waals surface area contributed by atoms with Crippen LogP contribution in [0.4, 0.5) is 0 Å². The highest BCUT2D eigenvalue weighted by molar-refractivity contribution is 5.10. The van der Waals surface area contributed by atoms with Gasteiger partial charge in [-0.05, 0) is 96.8 Å². The van der Waals surface area contributed by atoms with E-state index in [1.807, 2.05) is 0 Å². The average molecular weight is 305 g/mol. The molecule has 0 radical (unpaired) electrons. The van der Waals surface area contributed by atoms with Crippen LogP contribution in [0.5, 0.6) is 0 Å². The summed E-state index contributed by atoms with van der Waals surface area (Å²) in [5, 5.41) is 18.1. The van der Waals surface area contributed by atoms with Crippen LogP contribution in [-0.2, 0) is 0 Å². The van der Waals surface area contributed by atoms with Gasteiger partial charge in [0.1, 0.15) is 0 Å². The fourth-order valence-corrected chi connectivity index (χ4v) is 7.09. The lowest BCUT2D eigenvalue weighted by molar-refractivity contribution is -0.0502. The van der Waals surface area contributed by atoms with Crippen LogP contribution in [0.15, 0.2) is 0 Å². The Morgan fingerprint density at radius 3 is 1.59 bits per heavy atom. The average Bonchev–Trinajstić information content (AvgIpc) is 2.32. The molecule has 1 N–H and O–H groups in total. The van der Waals surface area contributed by atoms with Crippen LogP contribution in [0.25, 0.3) is 0 Å². The van der Waals surface area contributed by atoms with E-state index in [2.05, 4.69) is 33.0 Å². The number of hydrogen-bond acceptors (Lipinski definition) is 3. The molecule has 0 amide bonds. The molecule has 0 aromatic rings. The first-order chi connectivity index (χ1) is 10.2. The fourth-order valence-electron chi connectivity index (χ4n) is 7.09. The van der Waals surface area contributed by atoms with Crippen molar-refractivity contribution in [3.63, 3.8) is 0 Å². The zero-order valence-corrected chi connectivity index (χ0v) is 14.8. The molecule has 0 unspecified atom stereocenters. The third kappa shape index (κ3) is 2.44. The molecule has 1 aliphatic heterocycles. The lowest BCUT2D eigenvalue weighted by atomic mass is 9.52. The number of hydroxylamine groups is 2. The van der Waals surface area contributed by atoms with Gasteiger partial charge in [-0.25, -0.2) is 0 Å². The molecule has 5 fully saturated rings. The maximum absolute atomic E-state index is 12.6. The molecule has 1 heterocycles. The molecule has 5 aliphatic rings. The van der Waals surface area contributed by atoms with Crippen molar-refractivity contribution in [2.75, 3.05) is 0 Å². The van der Waals surface area contributed by atoms with E-state index in [0.717, 1.165) is 30.6 Å². The summed E-state index contributed by atoms with van der Waals surface area (Å²) in [6, 6.07) is 0.506. The largest absolute Gasteiger partial charge is 0.784 e. The Hall–Kier alpha value is -0.120. The molecule has 0 aromatic heterocycles. The van der Waals surface area contributed by atoms with E-state index in [1.54, 1.807) is 0 Å². The van der Waals surface area contributed by atoms with Gasteiger partial charge in [-0.3, -0.25) is 0 Å². The molecule has 5 rings (SSSR count). The first kappa shape index (κ1) is 15.4.